The molecule has 2 aliphatic rings. The van der Waals surface area contributed by atoms with E-state index in [0.29, 0.717) is 17.3 Å². The lowest BCUT2D eigenvalue weighted by molar-refractivity contribution is -0.134. The van der Waals surface area contributed by atoms with E-state index in [2.05, 4.69) is 9.67 Å². The molecule has 1 aromatic carbocycles. The number of carbonyl (C=O) groups excluding carboxylic acids is 3. The standard InChI is InChI=1S/C22H23N3O4/c1-14-12-18(15(2)24(14)16-8-9-16)20(26)13-29-22(28)19-10-11-21(27)25(23-19)17-6-4-3-5-7-17/h3-7,12,16H,8-11,13H2,1-2H3. The van der Waals surface area contributed by atoms with Crippen molar-refractivity contribution < 1.29 is 19.1 Å². The SMILES string of the molecule is Cc1cc(C(=O)COC(=O)C2=NN(c3ccccc3)C(=O)CC2)c(C)n1C1CC1. The predicted octanol–water partition coefficient (Wildman–Crippen LogP) is 3.35. The number of hydrogen-bond donors (Lipinski definition) is 0. The van der Waals surface area contributed by atoms with Crippen molar-refractivity contribution in [1.29, 1.82) is 0 Å². The van der Waals surface area contributed by atoms with Crippen LogP contribution in [-0.4, -0.2) is 34.5 Å². The maximum Gasteiger partial charge on any atom is 0.354 e. The lowest BCUT2D eigenvalue weighted by Gasteiger charge is -2.22. The van der Waals surface area contributed by atoms with Crippen molar-refractivity contribution in [2.24, 2.45) is 5.10 Å². The van der Waals surface area contributed by atoms with Crippen molar-refractivity contribution in [2.45, 2.75) is 45.6 Å². The summed E-state index contributed by atoms with van der Waals surface area (Å²) in [5.41, 5.74) is 3.29. The first-order valence-corrected chi connectivity index (χ1v) is 9.80. The van der Waals surface area contributed by atoms with Crippen LogP contribution in [0.2, 0.25) is 0 Å². The molecule has 1 fully saturated rings. The highest BCUT2D eigenvalue weighted by atomic mass is 16.5. The van der Waals surface area contributed by atoms with Gasteiger partial charge in [-0.2, -0.15) is 5.10 Å². The van der Waals surface area contributed by atoms with Crippen LogP contribution in [0.4, 0.5) is 5.69 Å². The van der Waals surface area contributed by atoms with E-state index >= 15 is 0 Å². The number of rotatable bonds is 6. The third-order valence-corrected chi connectivity index (χ3v) is 5.30. The first-order valence-electron chi connectivity index (χ1n) is 9.80. The minimum Gasteiger partial charge on any atom is -0.453 e. The quantitative estimate of drug-likeness (QED) is 0.557. The summed E-state index contributed by atoms with van der Waals surface area (Å²) >= 11 is 0. The third kappa shape index (κ3) is 3.85. The monoisotopic (exact) mass is 393 g/mol. The molecule has 2 heterocycles. The fraction of sp³-hybridized carbons (Fsp3) is 0.364. The van der Waals surface area contributed by atoms with Gasteiger partial charge in [-0.05, 0) is 44.9 Å². The number of amides is 1. The maximum absolute atomic E-state index is 12.6. The number of anilines is 1. The molecule has 1 saturated carbocycles. The molecule has 4 rings (SSSR count). The third-order valence-electron chi connectivity index (χ3n) is 5.30. The zero-order chi connectivity index (χ0) is 20.5. The number of aryl methyl sites for hydroxylation is 1. The molecule has 2 aromatic rings. The summed E-state index contributed by atoms with van der Waals surface area (Å²) in [6, 6.07) is 11.3. The van der Waals surface area contributed by atoms with Gasteiger partial charge in [0.25, 0.3) is 0 Å². The Kier molecular flexibility index (Phi) is 5.05. The summed E-state index contributed by atoms with van der Waals surface area (Å²) in [5, 5.41) is 5.37. The average Bonchev–Trinajstić information content (AvgIpc) is 3.51. The van der Waals surface area contributed by atoms with Crippen LogP contribution in [0.15, 0.2) is 41.5 Å². The second kappa shape index (κ2) is 7.66. The van der Waals surface area contributed by atoms with Gasteiger partial charge in [0, 0.05) is 35.8 Å². The average molecular weight is 393 g/mol. The summed E-state index contributed by atoms with van der Waals surface area (Å²) in [6.45, 7) is 3.57. The highest BCUT2D eigenvalue weighted by molar-refractivity contribution is 6.38. The van der Waals surface area contributed by atoms with Crippen molar-refractivity contribution in [3.05, 3.63) is 53.3 Å². The molecule has 1 amide bonds. The molecule has 0 N–H and O–H groups in total. The van der Waals surface area contributed by atoms with E-state index < -0.39 is 5.97 Å². The number of Topliss-reactive ketones (excluding diaryl/α,β-unsaturated/α-hetero) is 1. The van der Waals surface area contributed by atoms with Crippen molar-refractivity contribution >= 4 is 29.1 Å². The molecule has 0 bridgehead atoms. The summed E-state index contributed by atoms with van der Waals surface area (Å²) in [7, 11) is 0. The topological polar surface area (TPSA) is 81.0 Å². The number of benzene rings is 1. The van der Waals surface area contributed by atoms with Crippen LogP contribution >= 0.6 is 0 Å². The molecule has 1 aromatic heterocycles. The Hall–Kier alpha value is -3.22. The summed E-state index contributed by atoms with van der Waals surface area (Å²) in [4.78, 5) is 37.2. The van der Waals surface area contributed by atoms with Crippen LogP contribution in [0.1, 0.15) is 53.5 Å². The Labute approximate surface area is 168 Å². The molecule has 0 unspecified atom stereocenters. The lowest BCUT2D eigenvalue weighted by Crippen LogP contribution is -2.35. The number of carbonyl (C=O) groups is 3. The zero-order valence-corrected chi connectivity index (χ0v) is 16.6. The van der Waals surface area contributed by atoms with Crippen LogP contribution in [-0.2, 0) is 14.3 Å². The normalized spacial score (nSPS) is 16.6. The maximum atomic E-state index is 12.6. The highest BCUT2D eigenvalue weighted by Gasteiger charge is 2.30. The van der Waals surface area contributed by atoms with Gasteiger partial charge in [-0.1, -0.05) is 18.2 Å². The predicted molar refractivity (Wildman–Crippen MR) is 108 cm³/mol. The molecule has 0 saturated heterocycles. The van der Waals surface area contributed by atoms with Crippen molar-refractivity contribution in [2.75, 3.05) is 11.6 Å². The number of esters is 1. The number of hydrazone groups is 1. The number of para-hydroxylation sites is 1. The molecular weight excluding hydrogens is 370 g/mol. The zero-order valence-electron chi connectivity index (χ0n) is 16.6. The van der Waals surface area contributed by atoms with Gasteiger partial charge >= 0.3 is 5.97 Å². The molecular formula is C22H23N3O4. The fourth-order valence-corrected chi connectivity index (χ4v) is 3.72. The lowest BCUT2D eigenvalue weighted by atomic mass is 10.1. The number of hydrogen-bond acceptors (Lipinski definition) is 5. The first-order chi connectivity index (χ1) is 14.0. The van der Waals surface area contributed by atoms with E-state index in [-0.39, 0.29) is 36.9 Å². The van der Waals surface area contributed by atoms with Gasteiger partial charge in [0.1, 0.15) is 5.71 Å². The minimum atomic E-state index is -0.664. The molecule has 29 heavy (non-hydrogen) atoms. The van der Waals surface area contributed by atoms with Gasteiger partial charge in [0.15, 0.2) is 6.61 Å². The molecule has 0 spiro atoms. The summed E-state index contributed by atoms with van der Waals surface area (Å²) in [5.74, 6) is -1.08. The molecule has 1 aliphatic carbocycles. The molecule has 0 radical (unpaired) electrons. The number of nitrogens with zero attached hydrogens (tertiary/aromatic N) is 3. The van der Waals surface area contributed by atoms with E-state index in [1.54, 1.807) is 24.3 Å². The molecule has 0 atom stereocenters. The Morgan fingerprint density at radius 1 is 1.14 bits per heavy atom. The second-order valence-corrected chi connectivity index (χ2v) is 7.47. The molecule has 150 valence electrons. The largest absolute Gasteiger partial charge is 0.453 e. The summed E-state index contributed by atoms with van der Waals surface area (Å²) in [6.07, 6.45) is 2.63. The Morgan fingerprint density at radius 3 is 2.55 bits per heavy atom. The van der Waals surface area contributed by atoms with Crippen LogP contribution in [0.25, 0.3) is 0 Å². The smallest absolute Gasteiger partial charge is 0.354 e. The van der Waals surface area contributed by atoms with E-state index in [4.69, 9.17) is 4.74 Å². The fourth-order valence-electron chi connectivity index (χ4n) is 3.72. The second-order valence-electron chi connectivity index (χ2n) is 7.47. The van der Waals surface area contributed by atoms with Gasteiger partial charge in [-0.15, -0.1) is 0 Å². The van der Waals surface area contributed by atoms with Gasteiger partial charge in [0.05, 0.1) is 5.69 Å². The Morgan fingerprint density at radius 2 is 1.86 bits per heavy atom. The molecule has 7 nitrogen and oxygen atoms in total. The highest BCUT2D eigenvalue weighted by Crippen LogP contribution is 2.38. The Bertz CT molecular complexity index is 1000. The van der Waals surface area contributed by atoms with E-state index in [1.165, 1.54) is 5.01 Å². The minimum absolute atomic E-state index is 0.143. The Balaban J connectivity index is 1.43. The van der Waals surface area contributed by atoms with Gasteiger partial charge < -0.3 is 9.30 Å². The van der Waals surface area contributed by atoms with Crippen LogP contribution in [0.3, 0.4) is 0 Å². The van der Waals surface area contributed by atoms with Gasteiger partial charge in [0.2, 0.25) is 11.7 Å². The van der Waals surface area contributed by atoms with E-state index in [1.807, 2.05) is 26.0 Å². The van der Waals surface area contributed by atoms with Crippen LogP contribution in [0, 0.1) is 13.8 Å². The molecule has 7 heteroatoms. The van der Waals surface area contributed by atoms with Crippen molar-refractivity contribution in [3.8, 4) is 0 Å². The van der Waals surface area contributed by atoms with Gasteiger partial charge in [-0.25, -0.2) is 9.80 Å². The van der Waals surface area contributed by atoms with Crippen LogP contribution < -0.4 is 5.01 Å². The first kappa shape index (κ1) is 19.1. The molecule has 1 aliphatic heterocycles. The number of ether oxygens (including phenoxy) is 1. The van der Waals surface area contributed by atoms with E-state index in [9.17, 15) is 14.4 Å². The summed E-state index contributed by atoms with van der Waals surface area (Å²) < 4.78 is 7.42. The number of ketones is 1. The van der Waals surface area contributed by atoms with Crippen molar-refractivity contribution in [1.82, 2.24) is 4.57 Å². The van der Waals surface area contributed by atoms with E-state index in [0.717, 1.165) is 24.2 Å². The van der Waals surface area contributed by atoms with Gasteiger partial charge in [-0.3, -0.25) is 9.59 Å². The van der Waals surface area contributed by atoms with Crippen LogP contribution in [0.5, 0.6) is 0 Å². The number of aromatic nitrogens is 1. The van der Waals surface area contributed by atoms with Crippen molar-refractivity contribution in [3.63, 3.8) is 0 Å².